The Bertz CT molecular complexity index is 1180. The second kappa shape index (κ2) is 10.5. The van der Waals surface area contributed by atoms with Crippen LogP contribution in [0.4, 0.5) is 0 Å². The minimum atomic E-state index is -1.14. The Balaban J connectivity index is 1.68. The van der Waals surface area contributed by atoms with Crippen LogP contribution in [0.5, 0.6) is 0 Å². The maximum atomic E-state index is 13.4. The van der Waals surface area contributed by atoms with E-state index in [-0.39, 0.29) is 11.8 Å². The lowest BCUT2D eigenvalue weighted by molar-refractivity contribution is -0.156. The van der Waals surface area contributed by atoms with Crippen molar-refractivity contribution >= 4 is 29.4 Å². The number of carbonyl (C=O) groups is 3. The van der Waals surface area contributed by atoms with E-state index in [1.807, 2.05) is 26.0 Å². The molecule has 0 saturated carbocycles. The van der Waals surface area contributed by atoms with Crippen LogP contribution in [0, 0.1) is 11.3 Å². The van der Waals surface area contributed by atoms with Crippen LogP contribution >= 0.6 is 11.6 Å². The molecule has 1 unspecified atom stereocenters. The molecule has 0 bridgehead atoms. The second-order valence-electron chi connectivity index (χ2n) is 11.3. The molecule has 1 aliphatic heterocycles. The van der Waals surface area contributed by atoms with Gasteiger partial charge in [0, 0.05) is 35.1 Å². The molecule has 2 aromatic carbocycles. The van der Waals surface area contributed by atoms with E-state index >= 15 is 0 Å². The van der Waals surface area contributed by atoms with E-state index in [4.69, 9.17) is 11.6 Å². The first kappa shape index (κ1) is 28.7. The van der Waals surface area contributed by atoms with Gasteiger partial charge in [-0.25, -0.2) is 0 Å². The molecule has 1 fully saturated rings. The van der Waals surface area contributed by atoms with Crippen LogP contribution in [-0.4, -0.2) is 52.0 Å². The standard InChI is InChI=1S/C29H37ClN2O5/c1-18(19(2)31-24(33)20-8-7-9-22(16-20)28(5,6)26(35)36)25(34)32-15-14-29(37,27(3,4)17-32)21-10-12-23(30)13-11-21/h7-13,16,18-19,37H,14-15,17H2,1-6H3,(H,31,33)(H,35,36)/t18-,19?,29+/m1/s1. The van der Waals surface area contributed by atoms with E-state index in [0.29, 0.717) is 35.7 Å². The van der Waals surface area contributed by atoms with E-state index in [1.165, 1.54) is 0 Å². The molecule has 0 radical (unpaired) electrons. The fourth-order valence-corrected chi connectivity index (χ4v) is 4.99. The van der Waals surface area contributed by atoms with E-state index in [1.54, 1.807) is 69.0 Å². The Morgan fingerprint density at radius 1 is 1.08 bits per heavy atom. The molecule has 200 valence electrons. The Morgan fingerprint density at radius 3 is 2.27 bits per heavy atom. The topological polar surface area (TPSA) is 107 Å². The predicted molar refractivity (Wildman–Crippen MR) is 144 cm³/mol. The number of nitrogens with zero attached hydrogens (tertiary/aromatic N) is 1. The number of likely N-dealkylation sites (tertiary alicyclic amines) is 1. The quantitative estimate of drug-likeness (QED) is 0.487. The summed E-state index contributed by atoms with van der Waals surface area (Å²) in [6, 6.07) is 13.3. The lowest BCUT2D eigenvalue weighted by atomic mass is 9.66. The van der Waals surface area contributed by atoms with Crippen LogP contribution < -0.4 is 5.32 Å². The van der Waals surface area contributed by atoms with Gasteiger partial charge in [-0.2, -0.15) is 0 Å². The van der Waals surface area contributed by atoms with E-state index in [9.17, 15) is 24.6 Å². The number of nitrogens with one attached hydrogen (secondary N) is 1. The first-order valence-electron chi connectivity index (χ1n) is 12.5. The monoisotopic (exact) mass is 528 g/mol. The summed E-state index contributed by atoms with van der Waals surface area (Å²) in [5.74, 6) is -1.95. The van der Waals surface area contributed by atoms with Gasteiger partial charge in [0.05, 0.1) is 16.9 Å². The average molecular weight is 529 g/mol. The Hall–Kier alpha value is -2.90. The Labute approximate surface area is 223 Å². The fraction of sp³-hybridized carbons (Fsp3) is 0.483. The fourth-order valence-electron chi connectivity index (χ4n) is 4.86. The normalized spacial score (nSPS) is 21.1. The molecule has 1 heterocycles. The van der Waals surface area contributed by atoms with Crippen molar-refractivity contribution in [3.8, 4) is 0 Å². The number of rotatable bonds is 7. The van der Waals surface area contributed by atoms with Gasteiger partial charge in [0.15, 0.2) is 0 Å². The predicted octanol–water partition coefficient (Wildman–Crippen LogP) is 4.60. The van der Waals surface area contributed by atoms with Crippen molar-refractivity contribution in [2.45, 2.75) is 65.0 Å². The van der Waals surface area contributed by atoms with Gasteiger partial charge in [0.25, 0.3) is 5.91 Å². The molecule has 3 N–H and O–H groups in total. The van der Waals surface area contributed by atoms with E-state index in [0.717, 1.165) is 5.56 Å². The van der Waals surface area contributed by atoms with Gasteiger partial charge in [0.2, 0.25) is 5.91 Å². The van der Waals surface area contributed by atoms with Crippen LogP contribution in [0.1, 0.15) is 69.4 Å². The summed E-state index contributed by atoms with van der Waals surface area (Å²) in [4.78, 5) is 39.7. The molecule has 2 amide bonds. The third-order valence-corrected chi connectivity index (χ3v) is 8.21. The van der Waals surface area contributed by atoms with Crippen LogP contribution in [0.2, 0.25) is 5.02 Å². The number of piperidine rings is 1. The van der Waals surface area contributed by atoms with E-state index < -0.39 is 34.4 Å². The molecule has 2 aromatic rings. The molecule has 3 rings (SSSR count). The van der Waals surface area contributed by atoms with Crippen molar-refractivity contribution in [1.29, 1.82) is 0 Å². The number of carbonyl (C=O) groups excluding carboxylic acids is 2. The number of hydrogen-bond acceptors (Lipinski definition) is 4. The molecular weight excluding hydrogens is 492 g/mol. The third kappa shape index (κ3) is 5.68. The van der Waals surface area contributed by atoms with Crippen LogP contribution in [0.25, 0.3) is 0 Å². The number of hydrogen-bond donors (Lipinski definition) is 3. The summed E-state index contributed by atoms with van der Waals surface area (Å²) in [6.45, 7) is 11.4. The van der Waals surface area contributed by atoms with Crippen molar-refractivity contribution in [2.24, 2.45) is 11.3 Å². The smallest absolute Gasteiger partial charge is 0.313 e. The molecule has 1 aliphatic rings. The van der Waals surface area contributed by atoms with Gasteiger partial charge < -0.3 is 20.4 Å². The Morgan fingerprint density at radius 2 is 1.70 bits per heavy atom. The largest absolute Gasteiger partial charge is 0.481 e. The lowest BCUT2D eigenvalue weighted by Gasteiger charge is -2.51. The number of benzene rings is 2. The highest BCUT2D eigenvalue weighted by Crippen LogP contribution is 2.46. The van der Waals surface area contributed by atoms with Gasteiger partial charge in [-0.3, -0.25) is 14.4 Å². The van der Waals surface area contributed by atoms with Crippen molar-refractivity contribution in [3.05, 3.63) is 70.2 Å². The first-order chi connectivity index (χ1) is 17.1. The molecule has 3 atom stereocenters. The number of carboxylic acids is 1. The summed E-state index contributed by atoms with van der Waals surface area (Å²) in [6.07, 6.45) is 0.382. The maximum absolute atomic E-state index is 13.4. The summed E-state index contributed by atoms with van der Waals surface area (Å²) in [5, 5.41) is 24.6. The van der Waals surface area contributed by atoms with Crippen LogP contribution in [0.3, 0.4) is 0 Å². The zero-order valence-electron chi connectivity index (χ0n) is 22.3. The average Bonchev–Trinajstić information content (AvgIpc) is 2.85. The summed E-state index contributed by atoms with van der Waals surface area (Å²) >= 11 is 6.02. The number of amides is 2. The summed E-state index contributed by atoms with van der Waals surface area (Å²) < 4.78 is 0. The molecule has 37 heavy (non-hydrogen) atoms. The van der Waals surface area contributed by atoms with Crippen molar-refractivity contribution in [1.82, 2.24) is 10.2 Å². The number of aliphatic carboxylic acids is 1. The minimum absolute atomic E-state index is 0.0974. The van der Waals surface area contributed by atoms with Crippen LogP contribution in [0.15, 0.2) is 48.5 Å². The van der Waals surface area contributed by atoms with Gasteiger partial charge >= 0.3 is 5.97 Å². The van der Waals surface area contributed by atoms with Gasteiger partial charge in [0.1, 0.15) is 0 Å². The molecule has 8 heteroatoms. The Kier molecular flexibility index (Phi) is 8.11. The third-order valence-electron chi connectivity index (χ3n) is 7.96. The van der Waals surface area contributed by atoms with Gasteiger partial charge in [-0.1, -0.05) is 56.6 Å². The summed E-state index contributed by atoms with van der Waals surface area (Å²) in [5.41, 5.74) is -1.22. The highest BCUT2D eigenvalue weighted by molar-refractivity contribution is 6.30. The number of aliphatic hydroxyl groups is 1. The van der Waals surface area contributed by atoms with Gasteiger partial charge in [-0.05, 0) is 62.6 Å². The second-order valence-corrected chi connectivity index (χ2v) is 11.8. The minimum Gasteiger partial charge on any atom is -0.481 e. The number of carboxylic acid groups (broad SMARTS) is 1. The van der Waals surface area contributed by atoms with Gasteiger partial charge in [-0.15, -0.1) is 0 Å². The highest BCUT2D eigenvalue weighted by atomic mass is 35.5. The van der Waals surface area contributed by atoms with Crippen molar-refractivity contribution < 1.29 is 24.6 Å². The van der Waals surface area contributed by atoms with Crippen molar-refractivity contribution in [3.63, 3.8) is 0 Å². The molecule has 7 nitrogen and oxygen atoms in total. The molecule has 1 saturated heterocycles. The zero-order valence-corrected chi connectivity index (χ0v) is 23.1. The van der Waals surface area contributed by atoms with Crippen LogP contribution in [-0.2, 0) is 20.6 Å². The number of halogens is 1. The van der Waals surface area contributed by atoms with E-state index in [2.05, 4.69) is 5.32 Å². The van der Waals surface area contributed by atoms with Crippen molar-refractivity contribution in [2.75, 3.05) is 13.1 Å². The maximum Gasteiger partial charge on any atom is 0.313 e. The molecular formula is C29H37ClN2O5. The molecule has 0 spiro atoms. The highest BCUT2D eigenvalue weighted by Gasteiger charge is 2.50. The molecule has 0 aromatic heterocycles. The SMILES string of the molecule is CC(NC(=O)c1cccc(C(C)(C)C(=O)O)c1)[C@@H](C)C(=O)N1CC[C@](O)(c2ccc(Cl)cc2)C(C)(C)C1. The lowest BCUT2D eigenvalue weighted by Crippen LogP contribution is -2.58. The first-order valence-corrected chi connectivity index (χ1v) is 12.9. The zero-order chi connectivity index (χ0) is 27.8. The molecule has 0 aliphatic carbocycles. The summed E-state index contributed by atoms with van der Waals surface area (Å²) in [7, 11) is 0.